The molecule has 0 bridgehead atoms. The van der Waals surface area contributed by atoms with Crippen molar-refractivity contribution in [2.24, 2.45) is 4.99 Å². The normalized spacial score (nSPS) is 20.1. The first kappa shape index (κ1) is 22.2. The van der Waals surface area contributed by atoms with E-state index in [0.29, 0.717) is 12.1 Å². The Bertz CT molecular complexity index is 831. The van der Waals surface area contributed by atoms with Gasteiger partial charge in [-0.05, 0) is 55.5 Å². The van der Waals surface area contributed by atoms with E-state index in [2.05, 4.69) is 102 Å². The minimum absolute atomic E-state index is 0.454. The lowest BCUT2D eigenvalue weighted by Crippen LogP contribution is -2.51. The Morgan fingerprint density at radius 1 is 1.17 bits per heavy atom. The number of anilines is 1. The molecular weight excluding hydrogens is 370 g/mol. The lowest BCUT2D eigenvalue weighted by atomic mass is 9.97. The predicted molar refractivity (Wildman–Crippen MR) is 128 cm³/mol. The summed E-state index contributed by atoms with van der Waals surface area (Å²) < 4.78 is 0. The molecule has 1 fully saturated rings. The lowest BCUT2D eigenvalue weighted by Gasteiger charge is -2.38. The van der Waals surface area contributed by atoms with Crippen LogP contribution in [-0.2, 0) is 13.1 Å². The van der Waals surface area contributed by atoms with Gasteiger partial charge in [0.15, 0.2) is 5.96 Å². The molecule has 1 saturated heterocycles. The number of likely N-dealkylation sites (tertiary alicyclic amines) is 1. The van der Waals surface area contributed by atoms with Crippen molar-refractivity contribution in [3.8, 4) is 0 Å². The second kappa shape index (κ2) is 10.5. The molecule has 2 N–H and O–H groups in total. The lowest BCUT2D eigenvalue weighted by molar-refractivity contribution is 0.134. The molecule has 2 aromatic rings. The highest BCUT2D eigenvalue weighted by Crippen LogP contribution is 2.20. The molecule has 0 aromatic heterocycles. The summed E-state index contributed by atoms with van der Waals surface area (Å²) in [4.78, 5) is 9.17. The number of nitrogens with one attached hydrogen (secondary N) is 2. The van der Waals surface area contributed by atoms with Gasteiger partial charge >= 0.3 is 0 Å². The molecule has 0 saturated carbocycles. The van der Waals surface area contributed by atoms with Gasteiger partial charge in [-0.15, -0.1) is 0 Å². The molecule has 30 heavy (non-hydrogen) atoms. The van der Waals surface area contributed by atoms with Crippen molar-refractivity contribution in [2.75, 3.05) is 32.6 Å². The Hall–Kier alpha value is -2.53. The maximum absolute atomic E-state index is 4.46. The Morgan fingerprint density at radius 2 is 1.93 bits per heavy atom. The fourth-order valence-electron chi connectivity index (χ4n) is 4.13. The first-order chi connectivity index (χ1) is 14.5. The van der Waals surface area contributed by atoms with E-state index in [4.69, 9.17) is 0 Å². The number of nitrogens with zero attached hydrogens (tertiary/aromatic N) is 3. The molecule has 5 heteroatoms. The smallest absolute Gasteiger partial charge is 0.191 e. The molecule has 2 atom stereocenters. The van der Waals surface area contributed by atoms with E-state index in [9.17, 15) is 0 Å². The van der Waals surface area contributed by atoms with Crippen molar-refractivity contribution in [1.29, 1.82) is 0 Å². The van der Waals surface area contributed by atoms with Crippen LogP contribution in [0.15, 0.2) is 53.5 Å². The van der Waals surface area contributed by atoms with Crippen molar-refractivity contribution in [2.45, 2.75) is 51.9 Å². The second-order valence-electron chi connectivity index (χ2n) is 8.60. The molecule has 5 nitrogen and oxygen atoms in total. The van der Waals surface area contributed by atoms with Gasteiger partial charge in [-0.25, -0.2) is 0 Å². The van der Waals surface area contributed by atoms with Crippen LogP contribution in [0.3, 0.4) is 0 Å². The Balaban J connectivity index is 1.49. The maximum atomic E-state index is 4.46. The van der Waals surface area contributed by atoms with Crippen LogP contribution in [0.5, 0.6) is 0 Å². The fraction of sp³-hybridized carbons (Fsp3) is 0.480. The molecule has 162 valence electrons. The van der Waals surface area contributed by atoms with E-state index in [0.717, 1.165) is 38.4 Å². The van der Waals surface area contributed by atoms with Gasteiger partial charge in [0.25, 0.3) is 0 Å². The molecular formula is C25H37N5. The van der Waals surface area contributed by atoms with Crippen LogP contribution in [0.4, 0.5) is 5.69 Å². The van der Waals surface area contributed by atoms with Crippen molar-refractivity contribution >= 4 is 11.6 Å². The molecule has 2 aromatic carbocycles. The Labute approximate surface area is 182 Å². The minimum Gasteiger partial charge on any atom is -0.378 e. The summed E-state index contributed by atoms with van der Waals surface area (Å²) in [7, 11) is 6.00. The molecule has 0 aliphatic carbocycles. The van der Waals surface area contributed by atoms with E-state index in [-0.39, 0.29) is 0 Å². The molecule has 0 spiro atoms. The monoisotopic (exact) mass is 407 g/mol. The van der Waals surface area contributed by atoms with E-state index in [1.54, 1.807) is 0 Å². The number of aryl methyl sites for hydroxylation is 1. The van der Waals surface area contributed by atoms with Crippen LogP contribution in [-0.4, -0.2) is 50.6 Å². The van der Waals surface area contributed by atoms with Crippen molar-refractivity contribution in [3.05, 3.63) is 65.2 Å². The average molecular weight is 408 g/mol. The fourth-order valence-corrected chi connectivity index (χ4v) is 4.13. The standard InChI is InChI=1S/C25H37N5/c1-19-15-24(29(4)5)12-11-22(19)17-27-25(26-3)28-23-13-14-30(20(2)16-23)18-21-9-7-6-8-10-21/h6-12,15,20,23H,13-14,16-18H2,1-5H3,(H2,26,27,28). The van der Waals surface area contributed by atoms with Gasteiger partial charge < -0.3 is 15.5 Å². The van der Waals surface area contributed by atoms with Gasteiger partial charge in [-0.2, -0.15) is 0 Å². The highest BCUT2D eigenvalue weighted by molar-refractivity contribution is 5.80. The third kappa shape index (κ3) is 5.99. The largest absolute Gasteiger partial charge is 0.378 e. The van der Waals surface area contributed by atoms with Crippen LogP contribution in [0.2, 0.25) is 0 Å². The van der Waals surface area contributed by atoms with Gasteiger partial charge in [0, 0.05) is 58.5 Å². The van der Waals surface area contributed by atoms with Gasteiger partial charge in [0.2, 0.25) is 0 Å². The van der Waals surface area contributed by atoms with Gasteiger partial charge in [0.1, 0.15) is 0 Å². The molecule has 1 aliphatic rings. The number of guanidine groups is 1. The molecule has 1 heterocycles. The van der Waals surface area contributed by atoms with E-state index < -0.39 is 0 Å². The van der Waals surface area contributed by atoms with Crippen molar-refractivity contribution < 1.29 is 0 Å². The highest BCUT2D eigenvalue weighted by atomic mass is 15.2. The summed E-state index contributed by atoms with van der Waals surface area (Å²) >= 11 is 0. The zero-order valence-corrected chi connectivity index (χ0v) is 19.2. The third-order valence-electron chi connectivity index (χ3n) is 6.10. The Kier molecular flexibility index (Phi) is 7.75. The minimum atomic E-state index is 0.454. The van der Waals surface area contributed by atoms with E-state index in [1.807, 2.05) is 7.05 Å². The number of benzene rings is 2. The molecule has 1 aliphatic heterocycles. The molecule has 2 unspecified atom stereocenters. The van der Waals surface area contributed by atoms with Crippen LogP contribution in [0.1, 0.15) is 36.5 Å². The summed E-state index contributed by atoms with van der Waals surface area (Å²) in [6.45, 7) is 7.42. The van der Waals surface area contributed by atoms with Gasteiger partial charge in [0.05, 0.1) is 0 Å². The number of aliphatic imine (C=N–C) groups is 1. The van der Waals surface area contributed by atoms with E-state index >= 15 is 0 Å². The van der Waals surface area contributed by atoms with Gasteiger partial charge in [-0.1, -0.05) is 36.4 Å². The number of piperidine rings is 1. The highest BCUT2D eigenvalue weighted by Gasteiger charge is 2.25. The summed E-state index contributed by atoms with van der Waals surface area (Å²) in [6, 6.07) is 18.4. The van der Waals surface area contributed by atoms with Gasteiger partial charge in [-0.3, -0.25) is 9.89 Å². The van der Waals surface area contributed by atoms with Crippen LogP contribution in [0, 0.1) is 6.92 Å². The zero-order chi connectivity index (χ0) is 21.5. The summed E-state index contributed by atoms with van der Waals surface area (Å²) in [5.41, 5.74) is 5.22. The van der Waals surface area contributed by atoms with E-state index in [1.165, 1.54) is 22.4 Å². The molecule has 3 rings (SSSR count). The topological polar surface area (TPSA) is 42.9 Å². The molecule has 0 radical (unpaired) electrons. The number of hydrogen-bond acceptors (Lipinski definition) is 3. The summed E-state index contributed by atoms with van der Waals surface area (Å²) in [6.07, 6.45) is 2.26. The average Bonchev–Trinajstić information content (AvgIpc) is 2.74. The second-order valence-corrected chi connectivity index (χ2v) is 8.60. The van der Waals surface area contributed by atoms with Crippen LogP contribution < -0.4 is 15.5 Å². The van der Waals surface area contributed by atoms with Crippen molar-refractivity contribution in [3.63, 3.8) is 0 Å². The Morgan fingerprint density at radius 3 is 2.57 bits per heavy atom. The van der Waals surface area contributed by atoms with Crippen LogP contribution >= 0.6 is 0 Å². The summed E-state index contributed by atoms with van der Waals surface area (Å²) in [5, 5.41) is 7.14. The first-order valence-corrected chi connectivity index (χ1v) is 11.0. The maximum Gasteiger partial charge on any atom is 0.191 e. The predicted octanol–water partition coefficient (Wildman–Crippen LogP) is 3.78. The zero-order valence-electron chi connectivity index (χ0n) is 19.2. The quantitative estimate of drug-likeness (QED) is 0.565. The number of rotatable bonds is 6. The van der Waals surface area contributed by atoms with Crippen molar-refractivity contribution in [1.82, 2.24) is 15.5 Å². The number of hydrogen-bond donors (Lipinski definition) is 2. The first-order valence-electron chi connectivity index (χ1n) is 11.0. The molecule has 0 amide bonds. The SMILES string of the molecule is CN=C(NCc1ccc(N(C)C)cc1C)NC1CCN(Cc2ccccc2)C(C)C1. The third-order valence-corrected chi connectivity index (χ3v) is 6.10. The summed E-state index contributed by atoms with van der Waals surface area (Å²) in [5.74, 6) is 0.889. The van der Waals surface area contributed by atoms with Crippen LogP contribution in [0.25, 0.3) is 0 Å².